The van der Waals surface area contributed by atoms with Crippen LogP contribution in [0.25, 0.3) is 0 Å². The lowest BCUT2D eigenvalue weighted by atomic mass is 9.44. The van der Waals surface area contributed by atoms with Crippen molar-refractivity contribution in [1.29, 1.82) is 0 Å². The zero-order valence-corrected chi connectivity index (χ0v) is 11.8. The summed E-state index contributed by atoms with van der Waals surface area (Å²) in [5, 5.41) is 3.02. The van der Waals surface area contributed by atoms with Gasteiger partial charge in [0.2, 0.25) is 5.91 Å². The summed E-state index contributed by atoms with van der Waals surface area (Å²) in [5.74, 6) is 0.0605. The van der Waals surface area contributed by atoms with E-state index >= 15 is 0 Å². The Kier molecular flexibility index (Phi) is 2.72. The Hall–Kier alpha value is -1.35. The minimum Gasteiger partial charge on any atom is -0.372 e. The third kappa shape index (κ3) is 1.29. The molecule has 0 spiro atoms. The average Bonchev–Trinajstić information content (AvgIpc) is 2.41. The summed E-state index contributed by atoms with van der Waals surface area (Å²) >= 11 is 0. The van der Waals surface area contributed by atoms with Crippen LogP contribution in [0.4, 0.5) is 5.69 Å². The Morgan fingerprint density at radius 2 is 2.00 bits per heavy atom. The van der Waals surface area contributed by atoms with E-state index in [0.717, 1.165) is 30.5 Å². The summed E-state index contributed by atoms with van der Waals surface area (Å²) in [6.07, 6.45) is 3.00. The van der Waals surface area contributed by atoms with E-state index < -0.39 is 5.60 Å². The van der Waals surface area contributed by atoms with Crippen molar-refractivity contribution >= 4 is 11.6 Å². The van der Waals surface area contributed by atoms with Gasteiger partial charge in [0.25, 0.3) is 0 Å². The van der Waals surface area contributed by atoms with Crippen LogP contribution < -0.4 is 5.32 Å². The van der Waals surface area contributed by atoms with Crippen LogP contribution in [-0.2, 0) is 15.1 Å². The van der Waals surface area contributed by atoms with Gasteiger partial charge in [-0.25, -0.2) is 0 Å². The molecule has 0 bridgehead atoms. The lowest BCUT2D eigenvalue weighted by Gasteiger charge is -2.64. The number of ether oxygens (including phenoxy) is 1. The summed E-state index contributed by atoms with van der Waals surface area (Å²) in [4.78, 5) is 12.3. The zero-order valence-electron chi connectivity index (χ0n) is 11.8. The fourth-order valence-corrected chi connectivity index (χ4v) is 4.34. The molecule has 0 unspecified atom stereocenters. The topological polar surface area (TPSA) is 38.3 Å². The molecule has 3 rings (SSSR count). The summed E-state index contributed by atoms with van der Waals surface area (Å²) in [5.41, 5.74) is 1.71. The molecule has 0 aromatic heterocycles. The predicted octanol–water partition coefficient (Wildman–Crippen LogP) is 3.31. The van der Waals surface area contributed by atoms with Crippen molar-refractivity contribution in [3.63, 3.8) is 0 Å². The molecule has 0 saturated heterocycles. The number of carbonyl (C=O) groups is 1. The number of anilines is 1. The van der Waals surface area contributed by atoms with Crippen molar-refractivity contribution in [3.8, 4) is 0 Å². The highest BCUT2D eigenvalue weighted by atomic mass is 16.5. The van der Waals surface area contributed by atoms with Crippen molar-refractivity contribution in [2.75, 3.05) is 12.4 Å². The van der Waals surface area contributed by atoms with Crippen molar-refractivity contribution in [1.82, 2.24) is 0 Å². The molecule has 3 nitrogen and oxygen atoms in total. The van der Waals surface area contributed by atoms with E-state index in [0.29, 0.717) is 0 Å². The summed E-state index contributed by atoms with van der Waals surface area (Å²) < 4.78 is 6.01. The van der Waals surface area contributed by atoms with Crippen LogP contribution in [0.5, 0.6) is 0 Å². The first-order valence-electron chi connectivity index (χ1n) is 7.10. The molecule has 2 atom stereocenters. The second kappa shape index (κ2) is 4.07. The number of benzene rings is 1. The number of methoxy groups -OCH3 is 1. The molecule has 1 heterocycles. The second-order valence-electron chi connectivity index (χ2n) is 5.72. The minimum atomic E-state index is -0.435. The van der Waals surface area contributed by atoms with Crippen molar-refractivity contribution < 1.29 is 9.53 Å². The van der Waals surface area contributed by atoms with Gasteiger partial charge >= 0.3 is 0 Å². The van der Waals surface area contributed by atoms with E-state index in [1.165, 1.54) is 0 Å². The standard InChI is InChI=1S/C16H21NO2/c1-4-15(5-2)10-12-14(18)17-13-9-7-6-8-11(13)16(12,15)19-3/h6-9,12H,4-5,10H2,1-3H3,(H,17,18)/t12-,16-/m1/s1. The smallest absolute Gasteiger partial charge is 0.230 e. The number of fused-ring (bicyclic) bond motifs is 3. The second-order valence-corrected chi connectivity index (χ2v) is 5.72. The molecule has 1 N–H and O–H groups in total. The number of para-hydroxylation sites is 1. The quantitative estimate of drug-likeness (QED) is 0.904. The van der Waals surface area contributed by atoms with Crippen LogP contribution in [0.1, 0.15) is 38.7 Å². The highest BCUT2D eigenvalue weighted by Crippen LogP contribution is 2.68. The van der Waals surface area contributed by atoms with Gasteiger partial charge in [0.1, 0.15) is 5.60 Å². The molecule has 1 saturated carbocycles. The van der Waals surface area contributed by atoms with Gasteiger partial charge in [-0.2, -0.15) is 0 Å². The molecule has 2 aliphatic rings. The van der Waals surface area contributed by atoms with Crippen molar-refractivity contribution in [2.24, 2.45) is 11.3 Å². The Bertz CT molecular complexity index is 521. The van der Waals surface area contributed by atoms with Crippen LogP contribution in [0, 0.1) is 11.3 Å². The highest BCUT2D eigenvalue weighted by Gasteiger charge is 2.69. The van der Waals surface area contributed by atoms with Gasteiger partial charge in [-0.3, -0.25) is 4.79 Å². The number of rotatable bonds is 3. The van der Waals surface area contributed by atoms with E-state index in [9.17, 15) is 4.79 Å². The zero-order chi connectivity index (χ0) is 13.7. The highest BCUT2D eigenvalue weighted by molar-refractivity contribution is 5.98. The summed E-state index contributed by atoms with van der Waals surface area (Å²) in [6, 6.07) is 8.06. The normalized spacial score (nSPS) is 30.9. The third-order valence-electron chi connectivity index (χ3n) is 5.45. The van der Waals surface area contributed by atoms with E-state index in [-0.39, 0.29) is 17.2 Å². The van der Waals surface area contributed by atoms with Crippen LogP contribution >= 0.6 is 0 Å². The number of hydrogen-bond acceptors (Lipinski definition) is 2. The number of nitrogens with one attached hydrogen (secondary N) is 1. The van der Waals surface area contributed by atoms with Gasteiger partial charge in [-0.15, -0.1) is 0 Å². The maximum atomic E-state index is 12.3. The molecular weight excluding hydrogens is 238 g/mol. The molecule has 102 valence electrons. The molecule has 0 radical (unpaired) electrons. The molecule has 1 aliphatic heterocycles. The van der Waals surface area contributed by atoms with Crippen molar-refractivity contribution in [3.05, 3.63) is 29.8 Å². The van der Waals surface area contributed by atoms with Gasteiger partial charge < -0.3 is 10.1 Å². The Balaban J connectivity index is 2.22. The van der Waals surface area contributed by atoms with Crippen LogP contribution in [0.2, 0.25) is 0 Å². The molecule has 1 aromatic rings. The molecule has 1 amide bonds. The van der Waals surface area contributed by atoms with Crippen LogP contribution in [0.15, 0.2) is 24.3 Å². The fraction of sp³-hybridized carbons (Fsp3) is 0.562. The molecule has 1 aromatic carbocycles. The molecule has 3 heteroatoms. The van der Waals surface area contributed by atoms with Gasteiger partial charge in [0, 0.05) is 23.8 Å². The number of hydrogen-bond donors (Lipinski definition) is 1. The molecular formula is C16H21NO2. The predicted molar refractivity (Wildman–Crippen MR) is 74.9 cm³/mol. The first-order chi connectivity index (χ1) is 9.15. The van der Waals surface area contributed by atoms with E-state index in [4.69, 9.17) is 4.74 Å². The monoisotopic (exact) mass is 259 g/mol. The van der Waals surface area contributed by atoms with Crippen LogP contribution in [-0.4, -0.2) is 13.0 Å². The first-order valence-corrected chi connectivity index (χ1v) is 7.10. The maximum absolute atomic E-state index is 12.3. The van der Waals surface area contributed by atoms with E-state index in [1.807, 2.05) is 18.2 Å². The molecule has 1 aliphatic carbocycles. The lowest BCUT2D eigenvalue weighted by Crippen LogP contribution is -2.67. The maximum Gasteiger partial charge on any atom is 0.230 e. The van der Waals surface area contributed by atoms with E-state index in [2.05, 4.69) is 25.2 Å². The Morgan fingerprint density at radius 1 is 1.32 bits per heavy atom. The third-order valence-corrected chi connectivity index (χ3v) is 5.45. The van der Waals surface area contributed by atoms with Gasteiger partial charge in [0.15, 0.2) is 0 Å². The van der Waals surface area contributed by atoms with Crippen molar-refractivity contribution in [2.45, 2.75) is 38.7 Å². The average molecular weight is 259 g/mol. The largest absolute Gasteiger partial charge is 0.372 e. The number of amides is 1. The fourth-order valence-electron chi connectivity index (χ4n) is 4.34. The summed E-state index contributed by atoms with van der Waals surface area (Å²) in [6.45, 7) is 4.41. The van der Waals surface area contributed by atoms with Gasteiger partial charge in [-0.05, 0) is 25.3 Å². The Labute approximate surface area is 114 Å². The van der Waals surface area contributed by atoms with Crippen LogP contribution in [0.3, 0.4) is 0 Å². The first kappa shape index (κ1) is 12.7. The summed E-state index contributed by atoms with van der Waals surface area (Å²) in [7, 11) is 1.75. The van der Waals surface area contributed by atoms with E-state index in [1.54, 1.807) is 7.11 Å². The van der Waals surface area contributed by atoms with Gasteiger partial charge in [0.05, 0.1) is 5.92 Å². The molecule has 19 heavy (non-hydrogen) atoms. The molecule has 1 fully saturated rings. The Morgan fingerprint density at radius 3 is 2.63 bits per heavy atom. The SMILES string of the molecule is CCC1(CC)C[C@@H]2C(=O)Nc3ccccc3[C@@]21OC. The van der Waals surface area contributed by atoms with Gasteiger partial charge in [-0.1, -0.05) is 32.0 Å². The number of carbonyl (C=O) groups excluding carboxylic acids is 1. The minimum absolute atomic E-state index is 0.0488. The lowest BCUT2D eigenvalue weighted by molar-refractivity contribution is -0.242.